The van der Waals surface area contributed by atoms with Gasteiger partial charge in [-0.3, -0.25) is 4.79 Å². The monoisotopic (exact) mass is 408 g/mol. The number of rotatable bonds is 3. The molecule has 2 heterocycles. The summed E-state index contributed by atoms with van der Waals surface area (Å²) in [5.74, 6) is 0.0504. The summed E-state index contributed by atoms with van der Waals surface area (Å²) in [5.41, 5.74) is 4.67. The number of amides is 1. The lowest BCUT2D eigenvalue weighted by Gasteiger charge is -2.35. The SMILES string of the molecule is Cc1c(C(=O)N2C[C@H](C)O[C@@H](C)C2)cc(-c2ccc(Cl)cc2)n1-c1ccccc1. The van der Waals surface area contributed by atoms with Crippen molar-refractivity contribution in [1.82, 2.24) is 9.47 Å². The molecule has 0 saturated carbocycles. The molecule has 3 aromatic rings. The van der Waals surface area contributed by atoms with Crippen LogP contribution in [0.15, 0.2) is 60.7 Å². The molecule has 0 spiro atoms. The summed E-state index contributed by atoms with van der Waals surface area (Å²) in [5, 5.41) is 0.691. The lowest BCUT2D eigenvalue weighted by molar-refractivity contribution is -0.0586. The first kappa shape index (κ1) is 19.7. The van der Waals surface area contributed by atoms with E-state index in [0.717, 1.165) is 28.2 Å². The van der Waals surface area contributed by atoms with Gasteiger partial charge in [0.15, 0.2) is 0 Å². The van der Waals surface area contributed by atoms with Gasteiger partial charge in [-0.05, 0) is 56.7 Å². The van der Waals surface area contributed by atoms with Gasteiger partial charge >= 0.3 is 0 Å². The number of para-hydroxylation sites is 1. The highest BCUT2D eigenvalue weighted by Crippen LogP contribution is 2.31. The largest absolute Gasteiger partial charge is 0.372 e. The molecule has 1 aliphatic rings. The third-order valence-corrected chi connectivity index (χ3v) is 5.59. The predicted molar refractivity (Wildman–Crippen MR) is 117 cm³/mol. The number of ether oxygens (including phenoxy) is 1. The number of carbonyl (C=O) groups is 1. The van der Waals surface area contributed by atoms with Gasteiger partial charge in [0.2, 0.25) is 0 Å². The zero-order valence-electron chi connectivity index (χ0n) is 16.9. The molecule has 0 aliphatic carbocycles. The summed E-state index contributed by atoms with van der Waals surface area (Å²) in [6, 6.07) is 19.8. The maximum atomic E-state index is 13.4. The zero-order chi connectivity index (χ0) is 20.5. The lowest BCUT2D eigenvalue weighted by Crippen LogP contribution is -2.48. The van der Waals surface area contributed by atoms with Crippen LogP contribution in [-0.2, 0) is 4.74 Å². The molecule has 0 bridgehead atoms. The summed E-state index contributed by atoms with van der Waals surface area (Å²) < 4.78 is 7.94. The molecule has 2 aromatic carbocycles. The second kappa shape index (κ2) is 8.05. The molecule has 4 nitrogen and oxygen atoms in total. The van der Waals surface area contributed by atoms with Crippen LogP contribution >= 0.6 is 11.6 Å². The summed E-state index contributed by atoms with van der Waals surface area (Å²) in [4.78, 5) is 15.3. The van der Waals surface area contributed by atoms with Crippen molar-refractivity contribution in [3.05, 3.63) is 76.9 Å². The Morgan fingerprint density at radius 2 is 1.62 bits per heavy atom. The van der Waals surface area contributed by atoms with Crippen LogP contribution in [0.3, 0.4) is 0 Å². The number of hydrogen-bond acceptors (Lipinski definition) is 2. The van der Waals surface area contributed by atoms with Crippen LogP contribution in [0.1, 0.15) is 29.9 Å². The number of carbonyl (C=O) groups excluding carboxylic acids is 1. The topological polar surface area (TPSA) is 34.5 Å². The van der Waals surface area contributed by atoms with Crippen LogP contribution < -0.4 is 0 Å². The van der Waals surface area contributed by atoms with Crippen LogP contribution in [0, 0.1) is 6.92 Å². The van der Waals surface area contributed by atoms with E-state index in [0.29, 0.717) is 18.1 Å². The maximum absolute atomic E-state index is 13.4. The Balaban J connectivity index is 1.81. The smallest absolute Gasteiger partial charge is 0.255 e. The van der Waals surface area contributed by atoms with Gasteiger partial charge in [0.05, 0.1) is 23.5 Å². The quantitative estimate of drug-likeness (QED) is 0.585. The Labute approximate surface area is 176 Å². The standard InChI is InChI=1S/C24H25ClN2O2/c1-16-14-26(15-17(2)29-16)24(28)22-13-23(19-9-11-20(25)12-10-19)27(18(22)3)21-7-5-4-6-8-21/h4-13,16-17H,14-15H2,1-3H3/t16-,17-/m0/s1. The number of benzene rings is 2. The maximum Gasteiger partial charge on any atom is 0.255 e. The first-order valence-electron chi connectivity index (χ1n) is 9.92. The van der Waals surface area contributed by atoms with E-state index in [-0.39, 0.29) is 18.1 Å². The minimum Gasteiger partial charge on any atom is -0.372 e. The van der Waals surface area contributed by atoms with Crippen molar-refractivity contribution in [1.29, 1.82) is 0 Å². The number of morpholine rings is 1. The number of hydrogen-bond donors (Lipinski definition) is 0. The van der Waals surface area contributed by atoms with E-state index in [2.05, 4.69) is 16.7 Å². The molecule has 4 rings (SSSR count). The Kier molecular flexibility index (Phi) is 5.48. The van der Waals surface area contributed by atoms with Crippen molar-refractivity contribution in [2.75, 3.05) is 13.1 Å². The van der Waals surface area contributed by atoms with Crippen molar-refractivity contribution >= 4 is 17.5 Å². The minimum atomic E-state index is 0.0370. The van der Waals surface area contributed by atoms with Gasteiger partial charge in [0.1, 0.15) is 0 Å². The Hall–Kier alpha value is -2.56. The fraction of sp³-hybridized carbons (Fsp3) is 0.292. The van der Waals surface area contributed by atoms with Gasteiger partial charge in [-0.25, -0.2) is 0 Å². The molecule has 1 amide bonds. The van der Waals surface area contributed by atoms with Gasteiger partial charge < -0.3 is 14.2 Å². The Morgan fingerprint density at radius 3 is 2.24 bits per heavy atom. The van der Waals surface area contributed by atoms with E-state index in [1.54, 1.807) is 0 Å². The first-order valence-corrected chi connectivity index (χ1v) is 10.3. The predicted octanol–water partition coefficient (Wildman–Crippen LogP) is 5.36. The van der Waals surface area contributed by atoms with Gasteiger partial charge in [-0.15, -0.1) is 0 Å². The molecule has 1 saturated heterocycles. The number of aromatic nitrogens is 1. The normalized spacial score (nSPS) is 19.4. The average molecular weight is 409 g/mol. The van der Waals surface area contributed by atoms with Crippen molar-refractivity contribution in [2.45, 2.75) is 33.0 Å². The van der Waals surface area contributed by atoms with Crippen molar-refractivity contribution in [3.63, 3.8) is 0 Å². The van der Waals surface area contributed by atoms with E-state index in [1.165, 1.54) is 0 Å². The summed E-state index contributed by atoms with van der Waals surface area (Å²) in [6.07, 6.45) is 0.0740. The van der Waals surface area contributed by atoms with Crippen LogP contribution in [0.5, 0.6) is 0 Å². The molecule has 1 aliphatic heterocycles. The molecule has 150 valence electrons. The molecule has 0 N–H and O–H groups in total. The first-order chi connectivity index (χ1) is 13.9. The summed E-state index contributed by atoms with van der Waals surface area (Å²) in [7, 11) is 0. The number of halogens is 1. The van der Waals surface area contributed by atoms with Gasteiger partial charge in [-0.2, -0.15) is 0 Å². The van der Waals surface area contributed by atoms with Crippen LogP contribution in [-0.4, -0.2) is 40.7 Å². The highest BCUT2D eigenvalue weighted by atomic mass is 35.5. The minimum absolute atomic E-state index is 0.0370. The second-order valence-electron chi connectivity index (χ2n) is 7.67. The van der Waals surface area contributed by atoms with E-state index < -0.39 is 0 Å². The number of nitrogens with zero attached hydrogens (tertiary/aromatic N) is 2. The van der Waals surface area contributed by atoms with E-state index in [9.17, 15) is 4.79 Å². The third kappa shape index (κ3) is 3.96. The molecular weight excluding hydrogens is 384 g/mol. The van der Waals surface area contributed by atoms with Gasteiger partial charge in [0, 0.05) is 29.5 Å². The highest BCUT2D eigenvalue weighted by Gasteiger charge is 2.29. The fourth-order valence-electron chi connectivity index (χ4n) is 4.08. The van der Waals surface area contributed by atoms with Crippen LogP contribution in [0.4, 0.5) is 0 Å². The van der Waals surface area contributed by atoms with E-state index >= 15 is 0 Å². The molecule has 0 radical (unpaired) electrons. The Bertz CT molecular complexity index is 1000. The van der Waals surface area contributed by atoms with Crippen molar-refractivity contribution in [3.8, 4) is 16.9 Å². The van der Waals surface area contributed by atoms with Crippen molar-refractivity contribution in [2.24, 2.45) is 0 Å². The van der Waals surface area contributed by atoms with E-state index in [4.69, 9.17) is 16.3 Å². The second-order valence-corrected chi connectivity index (χ2v) is 8.11. The molecule has 1 fully saturated rings. The van der Waals surface area contributed by atoms with E-state index in [1.807, 2.05) is 74.2 Å². The van der Waals surface area contributed by atoms with Gasteiger partial charge in [0.25, 0.3) is 5.91 Å². The molecule has 0 unspecified atom stereocenters. The molecule has 29 heavy (non-hydrogen) atoms. The van der Waals surface area contributed by atoms with Crippen molar-refractivity contribution < 1.29 is 9.53 Å². The molecule has 5 heteroatoms. The third-order valence-electron chi connectivity index (χ3n) is 5.34. The molecule has 2 atom stereocenters. The molecular formula is C24H25ClN2O2. The Morgan fingerprint density at radius 1 is 1.00 bits per heavy atom. The fourth-order valence-corrected chi connectivity index (χ4v) is 4.21. The summed E-state index contributed by atoms with van der Waals surface area (Å²) >= 11 is 6.09. The lowest BCUT2D eigenvalue weighted by atomic mass is 10.1. The molecule has 1 aromatic heterocycles. The van der Waals surface area contributed by atoms with Crippen LogP contribution in [0.25, 0.3) is 16.9 Å². The average Bonchev–Trinajstić information content (AvgIpc) is 3.05. The zero-order valence-corrected chi connectivity index (χ0v) is 17.7. The summed E-state index contributed by atoms with van der Waals surface area (Å²) in [6.45, 7) is 7.24. The van der Waals surface area contributed by atoms with Crippen LogP contribution in [0.2, 0.25) is 5.02 Å². The van der Waals surface area contributed by atoms with Gasteiger partial charge in [-0.1, -0.05) is 41.9 Å². The highest BCUT2D eigenvalue weighted by molar-refractivity contribution is 6.30.